The lowest BCUT2D eigenvalue weighted by Crippen LogP contribution is -2.46. The van der Waals surface area contributed by atoms with Crippen molar-refractivity contribution in [3.05, 3.63) is 36.5 Å². The zero-order chi connectivity index (χ0) is 42.8. The number of nitrogens with zero attached hydrogens (tertiary/aromatic N) is 1. The van der Waals surface area contributed by atoms with Crippen molar-refractivity contribution in [2.45, 2.75) is 231 Å². The molecule has 0 aromatic rings. The Morgan fingerprint density at radius 2 is 1.00 bits per heavy atom. The highest BCUT2D eigenvalue weighted by Gasteiger charge is 2.24. The minimum absolute atomic E-state index is 0.0117. The summed E-state index contributed by atoms with van der Waals surface area (Å²) in [5.74, 6) is -0.170. The molecule has 9 heteroatoms. The lowest BCUT2D eigenvalue weighted by Gasteiger charge is -2.30. The zero-order valence-electron chi connectivity index (χ0n) is 38.8. The number of rotatable bonds is 44. The van der Waals surface area contributed by atoms with Crippen LogP contribution < -0.4 is 10.2 Å². The smallest absolute Gasteiger partial charge is 0.268 e. The SMILES string of the molecule is CCCCCCC/C=C\C/C=C\C/C=C\CCCCCCCCCCCCCCCCC(=O)NC(COP(=O)([O-])OCC[N+](C)(C)C)C(O)CCCCCCCCC. The van der Waals surface area contributed by atoms with Gasteiger partial charge in [-0.25, -0.2) is 0 Å². The number of likely N-dealkylation sites (N-methyl/N-ethyl adjacent to an activating group) is 1. The van der Waals surface area contributed by atoms with Gasteiger partial charge < -0.3 is 28.8 Å². The van der Waals surface area contributed by atoms with E-state index in [2.05, 4.69) is 55.6 Å². The molecule has 0 saturated heterocycles. The second-order valence-electron chi connectivity index (χ2n) is 17.8. The van der Waals surface area contributed by atoms with E-state index in [0.717, 1.165) is 51.4 Å². The molecule has 1 amide bonds. The lowest BCUT2D eigenvalue weighted by atomic mass is 10.0. The first kappa shape index (κ1) is 56.7. The highest BCUT2D eigenvalue weighted by Crippen LogP contribution is 2.38. The molecule has 0 bridgehead atoms. The van der Waals surface area contributed by atoms with E-state index in [9.17, 15) is 19.4 Å². The van der Waals surface area contributed by atoms with Crippen LogP contribution in [0.25, 0.3) is 0 Å². The summed E-state index contributed by atoms with van der Waals surface area (Å²) in [7, 11) is 1.30. The van der Waals surface area contributed by atoms with Crippen LogP contribution in [0.4, 0.5) is 0 Å². The first-order valence-electron chi connectivity index (χ1n) is 24.3. The van der Waals surface area contributed by atoms with Crippen molar-refractivity contribution in [3.8, 4) is 0 Å². The predicted octanol–water partition coefficient (Wildman–Crippen LogP) is 13.2. The van der Waals surface area contributed by atoms with Crippen molar-refractivity contribution in [2.24, 2.45) is 0 Å². The Morgan fingerprint density at radius 1 is 0.603 bits per heavy atom. The summed E-state index contributed by atoms with van der Waals surface area (Å²) in [5.41, 5.74) is 0. The van der Waals surface area contributed by atoms with Gasteiger partial charge in [-0.15, -0.1) is 0 Å². The van der Waals surface area contributed by atoms with Crippen LogP contribution in [0.5, 0.6) is 0 Å². The van der Waals surface area contributed by atoms with E-state index in [0.29, 0.717) is 23.9 Å². The zero-order valence-corrected chi connectivity index (χ0v) is 39.6. The maximum absolute atomic E-state index is 12.8. The van der Waals surface area contributed by atoms with Gasteiger partial charge in [0.15, 0.2) is 0 Å². The van der Waals surface area contributed by atoms with Crippen molar-refractivity contribution >= 4 is 13.7 Å². The molecule has 0 aliphatic carbocycles. The molecule has 0 rings (SSSR count). The van der Waals surface area contributed by atoms with Crippen molar-refractivity contribution in [3.63, 3.8) is 0 Å². The molecule has 3 unspecified atom stereocenters. The normalized spacial score (nSPS) is 14.5. The van der Waals surface area contributed by atoms with Crippen molar-refractivity contribution in [2.75, 3.05) is 40.9 Å². The summed E-state index contributed by atoms with van der Waals surface area (Å²) in [6.07, 6.45) is 50.5. The average Bonchev–Trinajstić information content (AvgIpc) is 3.17. The number of hydrogen-bond acceptors (Lipinski definition) is 6. The molecule has 0 aliphatic rings. The third-order valence-corrected chi connectivity index (χ3v) is 11.8. The maximum Gasteiger partial charge on any atom is 0.268 e. The van der Waals surface area contributed by atoms with E-state index in [1.165, 1.54) is 141 Å². The molecule has 3 atom stereocenters. The topological polar surface area (TPSA) is 108 Å². The molecule has 0 aromatic carbocycles. The number of nitrogens with one attached hydrogen (secondary N) is 1. The molecule has 2 N–H and O–H groups in total. The van der Waals surface area contributed by atoms with Gasteiger partial charge in [-0.05, 0) is 51.4 Å². The third-order valence-electron chi connectivity index (χ3n) is 10.9. The van der Waals surface area contributed by atoms with Crippen molar-refractivity contribution < 1.29 is 32.9 Å². The van der Waals surface area contributed by atoms with Gasteiger partial charge in [-0.1, -0.05) is 198 Å². The fourth-order valence-corrected chi connectivity index (χ4v) is 7.71. The molecule has 58 heavy (non-hydrogen) atoms. The standard InChI is InChI=1S/C49H95N2O6P/c1-6-8-10-12-14-15-16-17-18-19-20-21-22-23-24-25-26-27-28-29-30-31-32-33-34-35-37-39-41-43-49(53)50-47(48(52)42-40-38-36-13-11-9-7-2)46-57-58(54,55)56-45-44-51(3,4)5/h16-17,19-20,22-23,47-48,52H,6-15,18,21,24-46H2,1-5H3,(H-,50,53,54,55)/b17-16-,20-19-,23-22-. The number of amides is 1. The third kappa shape index (κ3) is 42.8. The highest BCUT2D eigenvalue weighted by atomic mass is 31.2. The summed E-state index contributed by atoms with van der Waals surface area (Å²) in [5, 5.41) is 13.8. The molecule has 8 nitrogen and oxygen atoms in total. The number of quaternary nitrogens is 1. The second-order valence-corrected chi connectivity index (χ2v) is 19.2. The number of hydrogen-bond donors (Lipinski definition) is 2. The van der Waals surface area contributed by atoms with Gasteiger partial charge in [-0.3, -0.25) is 9.36 Å². The summed E-state index contributed by atoms with van der Waals surface area (Å²) >= 11 is 0. The maximum atomic E-state index is 12.8. The number of phosphoric ester groups is 1. The lowest BCUT2D eigenvalue weighted by molar-refractivity contribution is -0.870. The van der Waals surface area contributed by atoms with Gasteiger partial charge in [0.25, 0.3) is 7.82 Å². The van der Waals surface area contributed by atoms with Gasteiger partial charge in [0, 0.05) is 6.42 Å². The minimum Gasteiger partial charge on any atom is -0.756 e. The number of carbonyl (C=O) groups is 1. The first-order valence-corrected chi connectivity index (χ1v) is 25.8. The van der Waals surface area contributed by atoms with Gasteiger partial charge in [0.05, 0.1) is 39.9 Å². The molecule has 0 radical (unpaired) electrons. The number of unbranched alkanes of at least 4 members (excludes halogenated alkanes) is 25. The molecule has 342 valence electrons. The van der Waals surface area contributed by atoms with Crippen molar-refractivity contribution in [1.82, 2.24) is 5.32 Å². The van der Waals surface area contributed by atoms with Crippen LogP contribution in [0.2, 0.25) is 0 Å². The molecule has 0 heterocycles. The molecule has 0 aliphatic heterocycles. The average molecular weight is 839 g/mol. The molecule has 0 spiro atoms. The highest BCUT2D eigenvalue weighted by molar-refractivity contribution is 7.45. The molecule has 0 saturated carbocycles. The number of aliphatic hydroxyl groups is 1. The van der Waals surface area contributed by atoms with Crippen LogP contribution >= 0.6 is 7.82 Å². The Kier molecular flexibility index (Phi) is 40.2. The quantitative estimate of drug-likeness (QED) is 0.0274. The van der Waals surface area contributed by atoms with E-state index in [4.69, 9.17) is 9.05 Å². The van der Waals surface area contributed by atoms with E-state index in [1.807, 2.05) is 21.1 Å². The molecular weight excluding hydrogens is 744 g/mol. The summed E-state index contributed by atoms with van der Waals surface area (Å²) in [6.45, 7) is 4.66. The Labute approximate surface area is 359 Å². The van der Waals surface area contributed by atoms with Gasteiger partial charge >= 0.3 is 0 Å². The van der Waals surface area contributed by atoms with Gasteiger partial charge in [0.1, 0.15) is 13.2 Å². The Balaban J connectivity index is 3.98. The molecule has 0 aromatic heterocycles. The van der Waals surface area contributed by atoms with Gasteiger partial charge in [-0.2, -0.15) is 0 Å². The molecule has 0 fully saturated rings. The fraction of sp³-hybridized carbons (Fsp3) is 0.857. The van der Waals surface area contributed by atoms with Crippen LogP contribution in [0.1, 0.15) is 219 Å². The van der Waals surface area contributed by atoms with Crippen LogP contribution in [0, 0.1) is 0 Å². The van der Waals surface area contributed by atoms with Crippen LogP contribution in [-0.4, -0.2) is 68.5 Å². The monoisotopic (exact) mass is 839 g/mol. The fourth-order valence-electron chi connectivity index (χ4n) is 6.99. The summed E-state index contributed by atoms with van der Waals surface area (Å²) < 4.78 is 23.2. The number of carbonyl (C=O) groups excluding carboxylic acids is 1. The van der Waals surface area contributed by atoms with E-state index in [1.54, 1.807) is 0 Å². The minimum atomic E-state index is -4.55. The Morgan fingerprint density at radius 3 is 1.45 bits per heavy atom. The van der Waals surface area contributed by atoms with E-state index in [-0.39, 0.29) is 19.1 Å². The van der Waals surface area contributed by atoms with Crippen LogP contribution in [0.3, 0.4) is 0 Å². The summed E-state index contributed by atoms with van der Waals surface area (Å²) in [6, 6.07) is -0.797. The van der Waals surface area contributed by atoms with Crippen LogP contribution in [-0.2, 0) is 18.4 Å². The first-order chi connectivity index (χ1) is 28.0. The van der Waals surface area contributed by atoms with Crippen LogP contribution in [0.15, 0.2) is 36.5 Å². The van der Waals surface area contributed by atoms with E-state index < -0.39 is 20.0 Å². The predicted molar refractivity (Wildman–Crippen MR) is 247 cm³/mol. The van der Waals surface area contributed by atoms with E-state index >= 15 is 0 Å². The summed E-state index contributed by atoms with van der Waals surface area (Å²) in [4.78, 5) is 25.2. The molecular formula is C49H95N2O6P. The largest absolute Gasteiger partial charge is 0.756 e. The Bertz CT molecular complexity index is 1040. The number of phosphoric acid groups is 1. The Hall–Kier alpha value is -1.28. The van der Waals surface area contributed by atoms with Crippen molar-refractivity contribution in [1.29, 1.82) is 0 Å². The number of allylic oxidation sites excluding steroid dienone is 6. The number of aliphatic hydroxyl groups excluding tert-OH is 1. The van der Waals surface area contributed by atoms with Gasteiger partial charge in [0.2, 0.25) is 5.91 Å². The second kappa shape index (κ2) is 41.1.